The molecule has 2 nitrogen and oxygen atoms in total. The molecule has 0 radical (unpaired) electrons. The van der Waals surface area contributed by atoms with E-state index in [0.29, 0.717) is 0 Å². The predicted molar refractivity (Wildman–Crippen MR) is 78.9 cm³/mol. The molecular formula is C16H32N2. The van der Waals surface area contributed by atoms with E-state index in [1.54, 1.807) is 0 Å². The maximum atomic E-state index is 3.60. The fourth-order valence-electron chi connectivity index (χ4n) is 4.01. The second-order valence-corrected chi connectivity index (χ2v) is 6.50. The van der Waals surface area contributed by atoms with Gasteiger partial charge >= 0.3 is 0 Å². The lowest BCUT2D eigenvalue weighted by Crippen LogP contribution is -2.44. The molecule has 1 N–H and O–H groups in total. The number of hydrogen-bond acceptors (Lipinski definition) is 2. The summed E-state index contributed by atoms with van der Waals surface area (Å²) in [4.78, 5) is 2.72. The van der Waals surface area contributed by atoms with E-state index < -0.39 is 0 Å². The van der Waals surface area contributed by atoms with E-state index in [1.165, 1.54) is 71.0 Å². The summed E-state index contributed by atoms with van der Waals surface area (Å²) in [7, 11) is 2.17. The Hall–Kier alpha value is -0.0800. The molecule has 2 aliphatic rings. The van der Waals surface area contributed by atoms with Gasteiger partial charge in [-0.2, -0.15) is 0 Å². The van der Waals surface area contributed by atoms with E-state index in [1.807, 2.05) is 0 Å². The van der Waals surface area contributed by atoms with Gasteiger partial charge in [-0.25, -0.2) is 0 Å². The predicted octanol–water partition coefficient (Wildman–Crippen LogP) is 3.28. The van der Waals surface area contributed by atoms with E-state index in [9.17, 15) is 0 Å². The largest absolute Gasteiger partial charge is 0.315 e. The molecule has 1 saturated heterocycles. The number of likely N-dealkylation sites (tertiary alicyclic amines) is 1. The molecule has 1 aliphatic carbocycles. The van der Waals surface area contributed by atoms with Crippen LogP contribution in [0.15, 0.2) is 0 Å². The lowest BCUT2D eigenvalue weighted by Gasteiger charge is -2.33. The quantitative estimate of drug-likeness (QED) is 0.780. The first-order valence-electron chi connectivity index (χ1n) is 8.23. The van der Waals surface area contributed by atoms with Crippen molar-refractivity contribution in [1.82, 2.24) is 10.2 Å². The van der Waals surface area contributed by atoms with E-state index in [4.69, 9.17) is 0 Å². The van der Waals surface area contributed by atoms with E-state index in [-0.39, 0.29) is 0 Å². The highest BCUT2D eigenvalue weighted by molar-refractivity contribution is 4.84. The van der Waals surface area contributed by atoms with Crippen molar-refractivity contribution in [3.63, 3.8) is 0 Å². The van der Waals surface area contributed by atoms with Crippen LogP contribution >= 0.6 is 0 Å². The minimum absolute atomic E-state index is 0.741. The fourth-order valence-corrected chi connectivity index (χ4v) is 4.01. The van der Waals surface area contributed by atoms with Crippen molar-refractivity contribution in [2.75, 3.05) is 26.7 Å². The van der Waals surface area contributed by atoms with Gasteiger partial charge in [-0.05, 0) is 51.1 Å². The normalized spacial score (nSPS) is 28.7. The number of hydrogen-bond donors (Lipinski definition) is 1. The van der Waals surface area contributed by atoms with Gasteiger partial charge in [0.15, 0.2) is 0 Å². The molecule has 0 aromatic carbocycles. The molecule has 2 unspecified atom stereocenters. The van der Waals surface area contributed by atoms with Crippen LogP contribution in [0.25, 0.3) is 0 Å². The van der Waals surface area contributed by atoms with Crippen molar-refractivity contribution in [1.29, 1.82) is 0 Å². The van der Waals surface area contributed by atoms with Crippen LogP contribution in [0, 0.1) is 11.8 Å². The van der Waals surface area contributed by atoms with Crippen LogP contribution in [-0.4, -0.2) is 37.6 Å². The molecule has 0 spiro atoms. The Kier molecular flexibility index (Phi) is 5.97. The summed E-state index contributed by atoms with van der Waals surface area (Å²) < 4.78 is 0. The number of nitrogens with one attached hydrogen (secondary N) is 1. The zero-order valence-electron chi connectivity index (χ0n) is 12.5. The Bertz CT molecular complexity index is 223. The maximum absolute atomic E-state index is 3.60. The second kappa shape index (κ2) is 7.49. The molecule has 1 saturated carbocycles. The van der Waals surface area contributed by atoms with Crippen molar-refractivity contribution in [3.05, 3.63) is 0 Å². The molecule has 0 bridgehead atoms. The first-order chi connectivity index (χ1) is 8.83. The Balaban J connectivity index is 1.76. The number of likely N-dealkylation sites (N-methyl/N-ethyl adjacent to an activating group) is 1. The Labute approximate surface area is 114 Å². The van der Waals surface area contributed by atoms with Crippen LogP contribution in [-0.2, 0) is 0 Å². The Morgan fingerprint density at radius 2 is 1.94 bits per heavy atom. The van der Waals surface area contributed by atoms with Gasteiger partial charge in [0, 0.05) is 19.1 Å². The van der Waals surface area contributed by atoms with Crippen LogP contribution in [0.5, 0.6) is 0 Å². The lowest BCUT2D eigenvalue weighted by molar-refractivity contribution is 0.207. The minimum Gasteiger partial charge on any atom is -0.315 e. The molecule has 2 rings (SSSR count). The van der Waals surface area contributed by atoms with Crippen LogP contribution in [0.1, 0.15) is 58.3 Å². The highest BCUT2D eigenvalue weighted by Gasteiger charge is 2.28. The summed E-state index contributed by atoms with van der Waals surface area (Å²) in [5.41, 5.74) is 0. The molecule has 0 aromatic rings. The Morgan fingerprint density at radius 3 is 2.61 bits per heavy atom. The summed E-state index contributed by atoms with van der Waals surface area (Å²) >= 11 is 0. The van der Waals surface area contributed by atoms with Crippen molar-refractivity contribution in [3.8, 4) is 0 Å². The molecule has 0 amide bonds. The Morgan fingerprint density at radius 1 is 1.17 bits per heavy atom. The second-order valence-electron chi connectivity index (χ2n) is 6.50. The molecule has 2 heteroatoms. The van der Waals surface area contributed by atoms with Gasteiger partial charge in [-0.3, -0.25) is 0 Å². The highest BCUT2D eigenvalue weighted by atomic mass is 15.2. The first-order valence-corrected chi connectivity index (χ1v) is 8.23. The first kappa shape index (κ1) is 14.3. The summed E-state index contributed by atoms with van der Waals surface area (Å²) in [6.45, 7) is 6.32. The van der Waals surface area contributed by atoms with Crippen LogP contribution in [0.4, 0.5) is 0 Å². The highest BCUT2D eigenvalue weighted by Crippen LogP contribution is 2.28. The summed E-state index contributed by atoms with van der Waals surface area (Å²) in [5.74, 6) is 1.92. The number of rotatable bonds is 6. The third-order valence-corrected chi connectivity index (χ3v) is 5.11. The van der Waals surface area contributed by atoms with Crippen molar-refractivity contribution < 1.29 is 0 Å². The third-order valence-electron chi connectivity index (χ3n) is 5.11. The van der Waals surface area contributed by atoms with E-state index in [0.717, 1.165) is 17.9 Å². The fraction of sp³-hybridized carbons (Fsp3) is 1.00. The zero-order chi connectivity index (χ0) is 12.8. The van der Waals surface area contributed by atoms with Gasteiger partial charge in [-0.15, -0.1) is 0 Å². The molecule has 1 heterocycles. The van der Waals surface area contributed by atoms with E-state index >= 15 is 0 Å². The molecule has 1 aliphatic heterocycles. The van der Waals surface area contributed by atoms with Crippen molar-refractivity contribution in [2.45, 2.75) is 64.3 Å². The SMILES string of the molecule is CCCC1CCN(CC(NC)C2CCCCC2)C1. The van der Waals surface area contributed by atoms with Gasteiger partial charge < -0.3 is 10.2 Å². The van der Waals surface area contributed by atoms with Crippen LogP contribution < -0.4 is 5.32 Å². The molecule has 2 fully saturated rings. The molecular weight excluding hydrogens is 220 g/mol. The van der Waals surface area contributed by atoms with Gasteiger partial charge in [-0.1, -0.05) is 32.6 Å². The third kappa shape index (κ3) is 3.96. The van der Waals surface area contributed by atoms with E-state index in [2.05, 4.69) is 24.2 Å². The lowest BCUT2D eigenvalue weighted by atomic mass is 9.83. The summed E-state index contributed by atoms with van der Waals surface area (Å²) in [5, 5.41) is 3.60. The summed E-state index contributed by atoms with van der Waals surface area (Å²) in [6, 6.07) is 0.741. The average Bonchev–Trinajstić information content (AvgIpc) is 2.85. The monoisotopic (exact) mass is 252 g/mol. The van der Waals surface area contributed by atoms with Gasteiger partial charge in [0.2, 0.25) is 0 Å². The number of nitrogens with zero attached hydrogens (tertiary/aromatic N) is 1. The van der Waals surface area contributed by atoms with Crippen molar-refractivity contribution in [2.24, 2.45) is 11.8 Å². The smallest absolute Gasteiger partial charge is 0.0220 e. The standard InChI is InChI=1S/C16H32N2/c1-3-7-14-10-11-18(12-14)13-16(17-2)15-8-5-4-6-9-15/h14-17H,3-13H2,1-2H3. The zero-order valence-corrected chi connectivity index (χ0v) is 12.5. The topological polar surface area (TPSA) is 15.3 Å². The van der Waals surface area contributed by atoms with Crippen LogP contribution in [0.2, 0.25) is 0 Å². The van der Waals surface area contributed by atoms with Gasteiger partial charge in [0.25, 0.3) is 0 Å². The summed E-state index contributed by atoms with van der Waals surface area (Å²) in [6.07, 6.45) is 11.5. The molecule has 0 aromatic heterocycles. The molecule has 106 valence electrons. The molecule has 18 heavy (non-hydrogen) atoms. The van der Waals surface area contributed by atoms with Gasteiger partial charge in [0.05, 0.1) is 0 Å². The average molecular weight is 252 g/mol. The van der Waals surface area contributed by atoms with Crippen LogP contribution in [0.3, 0.4) is 0 Å². The maximum Gasteiger partial charge on any atom is 0.0220 e. The van der Waals surface area contributed by atoms with Gasteiger partial charge in [0.1, 0.15) is 0 Å². The van der Waals surface area contributed by atoms with Crippen molar-refractivity contribution >= 4 is 0 Å². The molecule has 2 atom stereocenters. The minimum atomic E-state index is 0.741.